The van der Waals surface area contributed by atoms with Gasteiger partial charge in [-0.15, -0.1) is 5.11 Å². The third kappa shape index (κ3) is 2.27. The van der Waals surface area contributed by atoms with E-state index in [2.05, 4.69) is 30.5 Å². The number of benzene rings is 2. The maximum atomic E-state index is 5.17. The van der Waals surface area contributed by atoms with Crippen molar-refractivity contribution >= 4 is 28.4 Å². The van der Waals surface area contributed by atoms with E-state index >= 15 is 0 Å². The molecule has 0 bridgehead atoms. The highest BCUT2D eigenvalue weighted by Gasteiger charge is 2.14. The Morgan fingerprint density at radius 1 is 0.962 bits per heavy atom. The molecule has 0 fully saturated rings. The largest absolute Gasteiger partial charge is 0.366 e. The Hall–Kier alpha value is -3.81. The maximum absolute atomic E-state index is 5.17. The normalized spacial score (nSPS) is 11.9. The molecule has 26 heavy (non-hydrogen) atoms. The molecule has 0 saturated carbocycles. The third-order valence-electron chi connectivity index (χ3n) is 4.09. The van der Waals surface area contributed by atoms with Crippen molar-refractivity contribution in [2.24, 2.45) is 10.2 Å². The highest BCUT2D eigenvalue weighted by molar-refractivity contribution is 5.84. The van der Waals surface area contributed by atoms with E-state index in [0.717, 1.165) is 22.3 Å². The van der Waals surface area contributed by atoms with Crippen molar-refractivity contribution in [2.45, 2.75) is 6.92 Å². The van der Waals surface area contributed by atoms with Gasteiger partial charge in [0.15, 0.2) is 11.3 Å². The topological polar surface area (TPSA) is 96.7 Å². The summed E-state index contributed by atoms with van der Waals surface area (Å²) in [6.45, 7) is 1.92. The highest BCUT2D eigenvalue weighted by Crippen LogP contribution is 2.29. The number of aromatic amines is 1. The van der Waals surface area contributed by atoms with Crippen LogP contribution >= 0.6 is 0 Å². The third-order valence-corrected chi connectivity index (χ3v) is 4.09. The number of hydrogen-bond acceptors (Lipinski definition) is 6. The lowest BCUT2D eigenvalue weighted by atomic mass is 10.2. The number of hydrogen-bond donors (Lipinski definition) is 1. The fourth-order valence-corrected chi connectivity index (χ4v) is 2.86. The van der Waals surface area contributed by atoms with Crippen molar-refractivity contribution in [2.75, 3.05) is 0 Å². The van der Waals surface area contributed by atoms with Crippen LogP contribution in [0.25, 0.3) is 28.1 Å². The zero-order valence-electron chi connectivity index (χ0n) is 13.8. The second kappa shape index (κ2) is 5.62. The van der Waals surface area contributed by atoms with Crippen molar-refractivity contribution in [1.82, 2.24) is 24.7 Å². The van der Waals surface area contributed by atoms with Crippen LogP contribution < -0.4 is 0 Å². The minimum atomic E-state index is 0.0960. The SMILES string of the molecule is Cc1[nH]n2c(nc3ccccc32)c1N=Nc1nc(-c2ccccc2)no1. The van der Waals surface area contributed by atoms with Gasteiger partial charge in [-0.25, -0.2) is 9.50 Å². The quantitative estimate of drug-likeness (QED) is 0.484. The van der Waals surface area contributed by atoms with E-state index in [1.54, 1.807) is 0 Å². The number of nitrogens with zero attached hydrogens (tertiary/aromatic N) is 6. The number of rotatable bonds is 3. The van der Waals surface area contributed by atoms with Gasteiger partial charge in [0.2, 0.25) is 5.82 Å². The number of para-hydroxylation sites is 2. The molecule has 0 amide bonds. The monoisotopic (exact) mass is 343 g/mol. The molecule has 5 rings (SSSR count). The Morgan fingerprint density at radius 2 is 1.77 bits per heavy atom. The summed E-state index contributed by atoms with van der Waals surface area (Å²) in [6, 6.07) is 17.5. The number of fused-ring (bicyclic) bond motifs is 3. The number of aromatic nitrogens is 5. The minimum absolute atomic E-state index is 0.0960. The first kappa shape index (κ1) is 14.5. The zero-order valence-corrected chi connectivity index (χ0v) is 13.8. The van der Waals surface area contributed by atoms with Crippen molar-refractivity contribution in [1.29, 1.82) is 0 Å². The Labute approximate surface area is 147 Å². The minimum Gasteiger partial charge on any atom is -0.311 e. The van der Waals surface area contributed by atoms with Gasteiger partial charge in [0.05, 0.1) is 16.7 Å². The maximum Gasteiger partial charge on any atom is 0.366 e. The van der Waals surface area contributed by atoms with E-state index < -0.39 is 0 Å². The average Bonchev–Trinajstić information content (AvgIpc) is 3.35. The summed E-state index contributed by atoms with van der Waals surface area (Å²) in [5.74, 6) is 0.474. The van der Waals surface area contributed by atoms with Crippen LogP contribution in [-0.4, -0.2) is 24.7 Å². The van der Waals surface area contributed by atoms with Crippen LogP contribution in [0.1, 0.15) is 5.69 Å². The Kier molecular flexibility index (Phi) is 3.14. The summed E-state index contributed by atoms with van der Waals surface area (Å²) < 4.78 is 7.06. The van der Waals surface area contributed by atoms with Crippen LogP contribution in [0, 0.1) is 6.92 Å². The smallest absolute Gasteiger partial charge is 0.311 e. The Balaban J connectivity index is 1.53. The molecule has 8 nitrogen and oxygen atoms in total. The molecular weight excluding hydrogens is 330 g/mol. The fraction of sp³-hybridized carbons (Fsp3) is 0.0556. The van der Waals surface area contributed by atoms with E-state index in [0.29, 0.717) is 17.2 Å². The molecule has 3 heterocycles. The van der Waals surface area contributed by atoms with Crippen molar-refractivity contribution in [3.63, 3.8) is 0 Å². The molecule has 0 aliphatic heterocycles. The number of nitrogens with one attached hydrogen (secondary N) is 1. The molecule has 0 radical (unpaired) electrons. The Morgan fingerprint density at radius 3 is 2.65 bits per heavy atom. The predicted octanol–water partition coefficient (Wildman–Crippen LogP) is 4.59. The van der Waals surface area contributed by atoms with Crippen molar-refractivity contribution in [3.8, 4) is 11.4 Å². The Bertz CT molecular complexity index is 1250. The first-order valence-electron chi connectivity index (χ1n) is 8.06. The van der Waals surface area contributed by atoms with Crippen LogP contribution in [0.15, 0.2) is 69.3 Å². The molecule has 0 atom stereocenters. The zero-order chi connectivity index (χ0) is 17.5. The molecule has 0 aliphatic carbocycles. The van der Waals surface area contributed by atoms with Crippen LogP contribution in [0.5, 0.6) is 0 Å². The molecule has 5 aromatic rings. The summed E-state index contributed by atoms with van der Waals surface area (Å²) in [6.07, 6.45) is 0. The van der Waals surface area contributed by atoms with Crippen LogP contribution in [0.2, 0.25) is 0 Å². The summed E-state index contributed by atoms with van der Waals surface area (Å²) >= 11 is 0. The molecule has 0 saturated heterocycles. The summed E-state index contributed by atoms with van der Waals surface area (Å²) in [5.41, 5.74) is 4.92. The molecule has 0 spiro atoms. The van der Waals surface area contributed by atoms with E-state index in [4.69, 9.17) is 4.52 Å². The summed E-state index contributed by atoms with van der Waals surface area (Å²) in [4.78, 5) is 8.87. The number of aryl methyl sites for hydroxylation is 1. The predicted molar refractivity (Wildman–Crippen MR) is 95.7 cm³/mol. The number of H-pyrrole nitrogens is 1. The lowest BCUT2D eigenvalue weighted by Crippen LogP contribution is -1.82. The van der Waals surface area contributed by atoms with E-state index in [1.807, 2.05) is 66.0 Å². The van der Waals surface area contributed by atoms with Crippen molar-refractivity contribution < 1.29 is 4.52 Å². The first-order chi connectivity index (χ1) is 12.8. The molecule has 3 aromatic heterocycles. The standard InChI is InChI=1S/C18H13N7O/c1-11-15(17-19-13-9-5-6-10-14(13)25(17)23-11)21-22-18-20-16(24-26-18)12-7-3-2-4-8-12/h2-10,23H,1H3. The second-order valence-corrected chi connectivity index (χ2v) is 5.81. The molecule has 126 valence electrons. The van der Waals surface area contributed by atoms with Gasteiger partial charge < -0.3 is 4.52 Å². The number of azo groups is 1. The van der Waals surface area contributed by atoms with Gasteiger partial charge in [0.1, 0.15) is 0 Å². The van der Waals surface area contributed by atoms with Gasteiger partial charge in [0, 0.05) is 5.56 Å². The van der Waals surface area contributed by atoms with Gasteiger partial charge in [-0.2, -0.15) is 4.98 Å². The van der Waals surface area contributed by atoms with Crippen molar-refractivity contribution in [3.05, 3.63) is 60.3 Å². The molecule has 0 unspecified atom stereocenters. The molecule has 2 aromatic carbocycles. The van der Waals surface area contributed by atoms with E-state index in [1.165, 1.54) is 0 Å². The van der Waals surface area contributed by atoms with Gasteiger partial charge in [-0.1, -0.05) is 52.7 Å². The van der Waals surface area contributed by atoms with Gasteiger partial charge >= 0.3 is 6.01 Å². The van der Waals surface area contributed by atoms with Gasteiger partial charge in [0.25, 0.3) is 0 Å². The molecule has 1 N–H and O–H groups in total. The summed E-state index contributed by atoms with van der Waals surface area (Å²) in [7, 11) is 0. The van der Waals surface area contributed by atoms with Crippen LogP contribution in [0.4, 0.5) is 11.7 Å². The average molecular weight is 343 g/mol. The molecular formula is C18H13N7O. The van der Waals surface area contributed by atoms with E-state index in [-0.39, 0.29) is 6.01 Å². The first-order valence-corrected chi connectivity index (χ1v) is 8.06. The van der Waals surface area contributed by atoms with Gasteiger partial charge in [-0.05, 0) is 19.1 Å². The van der Waals surface area contributed by atoms with E-state index in [9.17, 15) is 0 Å². The highest BCUT2D eigenvalue weighted by atomic mass is 16.5. The molecule has 8 heteroatoms. The lowest BCUT2D eigenvalue weighted by molar-refractivity contribution is 0.427. The second-order valence-electron chi connectivity index (χ2n) is 5.81. The fourth-order valence-electron chi connectivity index (χ4n) is 2.86. The lowest BCUT2D eigenvalue weighted by Gasteiger charge is -1.90. The van der Waals surface area contributed by atoms with Crippen LogP contribution in [0.3, 0.4) is 0 Å². The summed E-state index contributed by atoms with van der Waals surface area (Å²) in [5, 5.41) is 15.6. The van der Waals surface area contributed by atoms with Crippen LogP contribution in [-0.2, 0) is 0 Å². The molecule has 0 aliphatic rings. The van der Waals surface area contributed by atoms with Gasteiger partial charge in [-0.3, -0.25) is 5.10 Å². The number of imidazole rings is 1.